The van der Waals surface area contributed by atoms with Gasteiger partial charge < -0.3 is 19.9 Å². The van der Waals surface area contributed by atoms with Crippen molar-refractivity contribution in [1.82, 2.24) is 49.8 Å². The van der Waals surface area contributed by atoms with E-state index in [0.717, 1.165) is 78.7 Å². The maximum Gasteiger partial charge on any atom is 2.00 e. The van der Waals surface area contributed by atoms with E-state index in [1.54, 1.807) is 24.8 Å². The van der Waals surface area contributed by atoms with Gasteiger partial charge >= 0.3 is 17.1 Å². The number of pyridine rings is 6. The first-order chi connectivity index (χ1) is 30.7. The van der Waals surface area contributed by atoms with Crippen molar-refractivity contribution in [2.24, 2.45) is 0 Å². The molecule has 0 fully saturated rings. The largest absolute Gasteiger partial charge is 2.00 e. The molecule has 8 aromatic heterocycles. The number of halogens is 2. The average Bonchev–Trinajstić information content (AvgIpc) is 3.95. The standard InChI is InChI=1S/2C22H14N5.2ClHO4.Cu/c2*1-2-10-19-18(9-1)26-22(27-19)15-13-20(16-7-3-5-11-23-16)25-21(14-15)17-8-4-6-12-24-17;2*2-1(3,4)5;/h2*1-14H;2*(H,2,3,4,5);/q2*-1;;;+2. The van der Waals surface area contributed by atoms with Gasteiger partial charge in [0.15, 0.2) is 0 Å². The number of hydrogen-bond acceptors (Lipinski definition) is 16. The van der Waals surface area contributed by atoms with Gasteiger partial charge in [0.1, 0.15) is 0 Å². The maximum absolute atomic E-state index is 8.60. The first-order valence-corrected chi connectivity index (χ1v) is 21.0. The molecule has 0 saturated carbocycles. The van der Waals surface area contributed by atoms with E-state index in [-0.39, 0.29) is 17.1 Å². The molecule has 10 rings (SSSR count). The second kappa shape index (κ2) is 21.6. The van der Waals surface area contributed by atoms with E-state index in [9.17, 15) is 0 Å². The summed E-state index contributed by atoms with van der Waals surface area (Å²) in [4.78, 5) is 46.0. The predicted octanol–water partition coefficient (Wildman–Crippen LogP) is 0.506. The Labute approximate surface area is 383 Å². The smallest absolute Gasteiger partial charge is 0.435 e. The van der Waals surface area contributed by atoms with E-state index >= 15 is 0 Å². The van der Waals surface area contributed by atoms with Gasteiger partial charge in [-0.25, -0.2) is 9.97 Å². The molecule has 0 spiro atoms. The maximum atomic E-state index is 8.60. The van der Waals surface area contributed by atoms with E-state index < -0.39 is 20.5 Å². The van der Waals surface area contributed by atoms with Crippen molar-refractivity contribution in [3.05, 3.63) is 170 Å². The molecular formula is C44H30Cl2CuN10O8. The Morgan fingerprint density at radius 1 is 0.354 bits per heavy atom. The number of aromatic nitrogens is 10. The van der Waals surface area contributed by atoms with Crippen LogP contribution in [0, 0.1) is 20.5 Å². The molecule has 0 aliphatic carbocycles. The molecule has 0 saturated heterocycles. The summed E-state index contributed by atoms with van der Waals surface area (Å²) in [7, 11) is -9.39. The Kier molecular flexibility index (Phi) is 15.8. The number of benzene rings is 2. The molecule has 21 heteroatoms. The topological polar surface area (TPSA) is 310 Å². The zero-order valence-electron chi connectivity index (χ0n) is 33.0. The van der Waals surface area contributed by atoms with Crippen LogP contribution in [0.25, 0.3) is 90.4 Å². The van der Waals surface area contributed by atoms with Gasteiger partial charge in [-0.2, -0.15) is 28.0 Å². The Hall–Kier alpha value is -6.94. The number of imidazole rings is 2. The van der Waals surface area contributed by atoms with Crippen LogP contribution in [0.15, 0.2) is 170 Å². The summed E-state index contributed by atoms with van der Waals surface area (Å²) in [5, 5.41) is 0. The van der Waals surface area contributed by atoms with Crippen molar-refractivity contribution in [1.29, 1.82) is 0 Å². The third-order valence-electron chi connectivity index (χ3n) is 8.55. The summed E-state index contributed by atoms with van der Waals surface area (Å²) in [6.45, 7) is 0. The van der Waals surface area contributed by atoms with E-state index in [2.05, 4.69) is 39.9 Å². The summed E-state index contributed by atoms with van der Waals surface area (Å²) in [6, 6.07) is 46.7. The van der Waals surface area contributed by atoms with Gasteiger partial charge in [-0.1, -0.05) is 84.4 Å². The van der Waals surface area contributed by atoms with Gasteiger partial charge in [-0.15, -0.1) is 0 Å². The monoisotopic (exact) mass is 959 g/mol. The van der Waals surface area contributed by atoms with Crippen LogP contribution in [0.2, 0.25) is 0 Å². The van der Waals surface area contributed by atoms with Crippen LogP contribution in [0.5, 0.6) is 0 Å². The first-order valence-electron chi connectivity index (χ1n) is 18.5. The SMILES string of the molecule is [Cu+2].[O-][Cl+3]([O-])([O-])O.[O-][Cl+3]([O-])([O-])O.c1ccc(-c2cc(-c3nc4ccccc4[n-]3)cc(-c3ccccn3)n2)nc1.c1ccc(-c2cc(-c3nc4ccccc4[n-]3)cc(-c3ccccn3)n2)nc1. The zero-order valence-corrected chi connectivity index (χ0v) is 35.5. The number of fused-ring (bicyclic) bond motifs is 2. The molecule has 2 N–H and O–H groups in total. The molecule has 8 heterocycles. The van der Waals surface area contributed by atoms with Crippen LogP contribution in [0.1, 0.15) is 0 Å². The van der Waals surface area contributed by atoms with Crippen molar-refractivity contribution in [2.75, 3.05) is 0 Å². The summed E-state index contributed by atoms with van der Waals surface area (Å²) in [5.41, 5.74) is 11.6. The molecule has 0 atom stereocenters. The molecule has 2 aromatic carbocycles. The Morgan fingerprint density at radius 2 is 0.615 bits per heavy atom. The van der Waals surface area contributed by atoms with E-state index in [0.29, 0.717) is 11.6 Å². The van der Waals surface area contributed by atoms with Crippen molar-refractivity contribution >= 4 is 22.1 Å². The number of nitrogens with zero attached hydrogens (tertiary/aromatic N) is 10. The molecule has 0 aliphatic heterocycles. The second-order valence-electron chi connectivity index (χ2n) is 13.0. The normalized spacial score (nSPS) is 11.0. The van der Waals surface area contributed by atoms with E-state index in [1.165, 1.54) is 0 Å². The molecule has 329 valence electrons. The van der Waals surface area contributed by atoms with Crippen molar-refractivity contribution in [3.8, 4) is 68.3 Å². The van der Waals surface area contributed by atoms with Crippen LogP contribution >= 0.6 is 0 Å². The second-order valence-corrected chi connectivity index (χ2v) is 14.6. The number of rotatable bonds is 6. The average molecular weight is 961 g/mol. The minimum atomic E-state index is -4.69. The van der Waals surface area contributed by atoms with Gasteiger partial charge in [-0.3, -0.25) is 19.9 Å². The Morgan fingerprint density at radius 3 is 0.862 bits per heavy atom. The van der Waals surface area contributed by atoms with Gasteiger partial charge in [0.05, 0.1) is 75.4 Å². The Balaban J connectivity index is 0.000000176. The van der Waals surface area contributed by atoms with Crippen molar-refractivity contribution in [3.63, 3.8) is 0 Å². The predicted molar refractivity (Wildman–Crippen MR) is 214 cm³/mol. The van der Waals surface area contributed by atoms with Crippen LogP contribution in [0.3, 0.4) is 0 Å². The summed E-state index contributed by atoms with van der Waals surface area (Å²) >= 11 is 0. The molecule has 0 unspecified atom stereocenters. The first kappa shape index (κ1) is 47.5. The van der Waals surface area contributed by atoms with Gasteiger partial charge in [0.25, 0.3) is 0 Å². The fourth-order valence-corrected chi connectivity index (χ4v) is 5.97. The fourth-order valence-electron chi connectivity index (χ4n) is 5.97. The number of para-hydroxylation sites is 4. The van der Waals surface area contributed by atoms with Gasteiger partial charge in [0, 0.05) is 24.8 Å². The summed E-state index contributed by atoms with van der Waals surface area (Å²) < 4.78 is 65.4. The molecular weight excluding hydrogens is 931 g/mol. The molecule has 0 aliphatic rings. The fraction of sp³-hybridized carbons (Fsp3) is 0. The summed E-state index contributed by atoms with van der Waals surface area (Å²) in [6.07, 6.45) is 7.05. The molecule has 0 amide bonds. The molecule has 10 aromatic rings. The number of hydrogen-bond donors (Lipinski definition) is 2. The quantitative estimate of drug-likeness (QED) is 0.214. The van der Waals surface area contributed by atoms with Crippen LogP contribution < -0.4 is 37.9 Å². The van der Waals surface area contributed by atoms with Crippen LogP contribution in [-0.2, 0) is 17.1 Å². The van der Waals surface area contributed by atoms with Crippen LogP contribution in [0.4, 0.5) is 0 Å². The van der Waals surface area contributed by atoms with E-state index in [1.807, 2.05) is 146 Å². The minimum absolute atomic E-state index is 0. The van der Waals surface area contributed by atoms with E-state index in [4.69, 9.17) is 47.2 Å². The molecule has 1 radical (unpaired) electrons. The van der Waals surface area contributed by atoms with Crippen LogP contribution in [-0.4, -0.2) is 49.2 Å². The Bertz CT molecular complexity index is 2670. The third-order valence-corrected chi connectivity index (χ3v) is 8.55. The molecule has 65 heavy (non-hydrogen) atoms. The molecule has 0 bridgehead atoms. The van der Waals surface area contributed by atoms with Gasteiger partial charge in [-0.05, 0) is 106 Å². The van der Waals surface area contributed by atoms with Crippen molar-refractivity contribution in [2.45, 2.75) is 0 Å². The third kappa shape index (κ3) is 14.0. The minimum Gasteiger partial charge on any atom is -0.435 e. The molecule has 18 nitrogen and oxygen atoms in total. The zero-order chi connectivity index (χ0) is 45.1. The summed E-state index contributed by atoms with van der Waals surface area (Å²) in [5.74, 6) is 1.35. The van der Waals surface area contributed by atoms with Crippen molar-refractivity contribution < 1.29 is 74.8 Å². The van der Waals surface area contributed by atoms with Gasteiger partial charge in [0.2, 0.25) is 0 Å².